The summed E-state index contributed by atoms with van der Waals surface area (Å²) in [5.41, 5.74) is -0.296. The minimum absolute atomic E-state index is 0.296. The fourth-order valence-corrected chi connectivity index (χ4v) is 3.18. The molecule has 0 spiro atoms. The van der Waals surface area contributed by atoms with Crippen LogP contribution in [0.3, 0.4) is 0 Å². The van der Waals surface area contributed by atoms with Gasteiger partial charge in [0, 0.05) is 6.04 Å². The van der Waals surface area contributed by atoms with Crippen LogP contribution in [0.5, 0.6) is 0 Å². The molecular weight excluding hydrogens is 172 g/mol. The van der Waals surface area contributed by atoms with Crippen molar-refractivity contribution in [1.82, 2.24) is 4.90 Å². The van der Waals surface area contributed by atoms with Crippen molar-refractivity contribution < 1.29 is 0 Å². The lowest BCUT2D eigenvalue weighted by Gasteiger charge is -2.38. The third kappa shape index (κ3) is 1.44. The van der Waals surface area contributed by atoms with Crippen molar-refractivity contribution in [3.05, 3.63) is 0 Å². The number of rotatable bonds is 2. The van der Waals surface area contributed by atoms with Crippen molar-refractivity contribution in [1.29, 1.82) is 5.26 Å². The van der Waals surface area contributed by atoms with Gasteiger partial charge in [0.1, 0.15) is 5.54 Å². The van der Waals surface area contributed by atoms with E-state index in [1.165, 1.54) is 25.7 Å². The molecule has 2 bridgehead atoms. The van der Waals surface area contributed by atoms with Crippen LogP contribution < -0.4 is 0 Å². The van der Waals surface area contributed by atoms with Gasteiger partial charge in [0.05, 0.1) is 6.07 Å². The zero-order valence-electron chi connectivity index (χ0n) is 9.45. The van der Waals surface area contributed by atoms with Gasteiger partial charge >= 0.3 is 0 Å². The highest BCUT2D eigenvalue weighted by atomic mass is 15.2. The molecule has 2 saturated carbocycles. The fourth-order valence-electron chi connectivity index (χ4n) is 3.18. The number of fused-ring (bicyclic) bond motifs is 2. The van der Waals surface area contributed by atoms with E-state index in [2.05, 4.69) is 18.0 Å². The molecule has 0 aromatic heterocycles. The summed E-state index contributed by atoms with van der Waals surface area (Å²) in [5, 5.41) is 9.10. The summed E-state index contributed by atoms with van der Waals surface area (Å²) in [4.78, 5) is 2.30. The summed E-state index contributed by atoms with van der Waals surface area (Å²) < 4.78 is 0. The Bertz CT molecular complexity index is 264. The van der Waals surface area contributed by atoms with E-state index in [9.17, 15) is 0 Å². The third-order valence-corrected chi connectivity index (χ3v) is 4.35. The molecule has 0 saturated heterocycles. The summed E-state index contributed by atoms with van der Waals surface area (Å²) in [6.45, 7) is 4.05. The molecular formula is C12H20N2. The maximum atomic E-state index is 9.10. The second-order valence-electron chi connectivity index (χ2n) is 5.52. The SMILES string of the molecule is CN(C1CC2CCC1C2)C(C)(C)C#N. The third-order valence-electron chi connectivity index (χ3n) is 4.35. The Morgan fingerprint density at radius 3 is 2.43 bits per heavy atom. The van der Waals surface area contributed by atoms with Crippen LogP contribution in [0.15, 0.2) is 0 Å². The molecule has 2 aliphatic carbocycles. The van der Waals surface area contributed by atoms with E-state index >= 15 is 0 Å². The van der Waals surface area contributed by atoms with Gasteiger partial charge in [-0.15, -0.1) is 0 Å². The van der Waals surface area contributed by atoms with Crippen molar-refractivity contribution in [2.24, 2.45) is 11.8 Å². The Balaban J connectivity index is 2.07. The van der Waals surface area contributed by atoms with Crippen molar-refractivity contribution in [3.63, 3.8) is 0 Å². The molecule has 3 unspecified atom stereocenters. The van der Waals surface area contributed by atoms with E-state index in [0.29, 0.717) is 6.04 Å². The minimum atomic E-state index is -0.296. The predicted octanol–water partition coefficient (Wildman–Crippen LogP) is 2.41. The van der Waals surface area contributed by atoms with Gasteiger partial charge in [0.15, 0.2) is 0 Å². The van der Waals surface area contributed by atoms with Crippen LogP contribution in [0.1, 0.15) is 39.5 Å². The lowest BCUT2D eigenvalue weighted by molar-refractivity contribution is 0.103. The topological polar surface area (TPSA) is 27.0 Å². The molecule has 78 valence electrons. The van der Waals surface area contributed by atoms with Gasteiger partial charge in [-0.05, 0) is 52.0 Å². The van der Waals surface area contributed by atoms with Gasteiger partial charge in [0.25, 0.3) is 0 Å². The van der Waals surface area contributed by atoms with E-state index in [-0.39, 0.29) is 5.54 Å². The van der Waals surface area contributed by atoms with Crippen molar-refractivity contribution >= 4 is 0 Å². The maximum absolute atomic E-state index is 9.10. The van der Waals surface area contributed by atoms with Gasteiger partial charge in [-0.1, -0.05) is 6.42 Å². The Hall–Kier alpha value is -0.550. The first-order valence-electron chi connectivity index (χ1n) is 5.69. The molecule has 0 aromatic rings. The number of nitrogens with zero attached hydrogens (tertiary/aromatic N) is 2. The highest BCUT2D eigenvalue weighted by Crippen LogP contribution is 2.47. The van der Waals surface area contributed by atoms with Crippen LogP contribution in [0.4, 0.5) is 0 Å². The zero-order chi connectivity index (χ0) is 10.3. The molecule has 14 heavy (non-hydrogen) atoms. The summed E-state index contributed by atoms with van der Waals surface area (Å²) in [5.74, 6) is 1.83. The molecule has 2 nitrogen and oxygen atoms in total. The standard InChI is InChI=1S/C12H20N2/c1-12(2,8-13)14(3)11-7-9-4-5-10(11)6-9/h9-11H,4-7H2,1-3H3. The van der Waals surface area contributed by atoms with Crippen molar-refractivity contribution in [3.8, 4) is 6.07 Å². The van der Waals surface area contributed by atoms with E-state index in [4.69, 9.17) is 5.26 Å². The fraction of sp³-hybridized carbons (Fsp3) is 0.917. The second kappa shape index (κ2) is 3.24. The van der Waals surface area contributed by atoms with Gasteiger partial charge in [-0.3, -0.25) is 4.90 Å². The average molecular weight is 192 g/mol. The van der Waals surface area contributed by atoms with E-state index in [0.717, 1.165) is 11.8 Å². The Kier molecular flexibility index (Phi) is 2.31. The molecule has 0 heterocycles. The number of nitriles is 1. The summed E-state index contributed by atoms with van der Waals surface area (Å²) >= 11 is 0. The molecule has 0 aliphatic heterocycles. The van der Waals surface area contributed by atoms with Crippen LogP contribution in [0, 0.1) is 23.2 Å². The van der Waals surface area contributed by atoms with E-state index in [1.54, 1.807) is 0 Å². The normalized spacial score (nSPS) is 36.4. The zero-order valence-corrected chi connectivity index (χ0v) is 9.45. The minimum Gasteiger partial charge on any atom is -0.286 e. The largest absolute Gasteiger partial charge is 0.286 e. The van der Waals surface area contributed by atoms with Gasteiger partial charge in [-0.25, -0.2) is 0 Å². The average Bonchev–Trinajstić information content (AvgIpc) is 2.77. The molecule has 0 N–H and O–H groups in total. The molecule has 0 aromatic carbocycles. The molecule has 3 atom stereocenters. The molecule has 0 radical (unpaired) electrons. The Morgan fingerprint density at radius 2 is 2.00 bits per heavy atom. The van der Waals surface area contributed by atoms with Crippen molar-refractivity contribution in [2.45, 2.75) is 51.1 Å². The maximum Gasteiger partial charge on any atom is 0.103 e. The van der Waals surface area contributed by atoms with Crippen LogP contribution in [0.2, 0.25) is 0 Å². The molecule has 2 aliphatic rings. The van der Waals surface area contributed by atoms with Crippen LogP contribution in [-0.4, -0.2) is 23.5 Å². The number of hydrogen-bond donors (Lipinski definition) is 0. The quantitative estimate of drug-likeness (QED) is 0.672. The first kappa shape index (κ1) is 9.98. The Morgan fingerprint density at radius 1 is 1.29 bits per heavy atom. The second-order valence-corrected chi connectivity index (χ2v) is 5.52. The Labute approximate surface area is 86.9 Å². The first-order valence-corrected chi connectivity index (χ1v) is 5.69. The highest BCUT2D eigenvalue weighted by Gasteiger charge is 2.44. The molecule has 0 amide bonds. The first-order chi connectivity index (χ1) is 6.54. The van der Waals surface area contributed by atoms with Crippen LogP contribution in [0.25, 0.3) is 0 Å². The monoisotopic (exact) mass is 192 g/mol. The van der Waals surface area contributed by atoms with E-state index in [1.807, 2.05) is 13.8 Å². The predicted molar refractivity (Wildman–Crippen MR) is 56.7 cm³/mol. The van der Waals surface area contributed by atoms with Gasteiger partial charge < -0.3 is 0 Å². The number of hydrogen-bond acceptors (Lipinski definition) is 2. The molecule has 2 heteroatoms. The lowest BCUT2D eigenvalue weighted by atomic mass is 9.91. The lowest BCUT2D eigenvalue weighted by Crippen LogP contribution is -2.48. The summed E-state index contributed by atoms with van der Waals surface area (Å²) in [6.07, 6.45) is 5.56. The summed E-state index contributed by atoms with van der Waals surface area (Å²) in [6, 6.07) is 3.07. The smallest absolute Gasteiger partial charge is 0.103 e. The van der Waals surface area contributed by atoms with Crippen molar-refractivity contribution in [2.75, 3.05) is 7.05 Å². The van der Waals surface area contributed by atoms with Gasteiger partial charge in [-0.2, -0.15) is 5.26 Å². The van der Waals surface area contributed by atoms with Gasteiger partial charge in [0.2, 0.25) is 0 Å². The molecule has 2 fully saturated rings. The van der Waals surface area contributed by atoms with Crippen LogP contribution in [-0.2, 0) is 0 Å². The van der Waals surface area contributed by atoms with Crippen LogP contribution >= 0.6 is 0 Å². The summed E-state index contributed by atoms with van der Waals surface area (Å²) in [7, 11) is 2.12. The molecule has 2 rings (SSSR count). The highest BCUT2D eigenvalue weighted by molar-refractivity contribution is 5.06. The van der Waals surface area contributed by atoms with E-state index < -0.39 is 0 Å².